The lowest BCUT2D eigenvalue weighted by Crippen LogP contribution is -2.60. The van der Waals surface area contributed by atoms with E-state index in [0.717, 1.165) is 0 Å². The summed E-state index contributed by atoms with van der Waals surface area (Å²) in [5.74, 6) is -0.903. The molecular weight excluding hydrogens is 362 g/mol. The lowest BCUT2D eigenvalue weighted by atomic mass is 10.0. The second-order valence-corrected chi connectivity index (χ2v) is 8.96. The van der Waals surface area contributed by atoms with Crippen LogP contribution >= 0.6 is 0 Å². The Hall–Kier alpha value is -1.94. The number of amides is 1. The number of carboxylic acid groups (broad SMARTS) is 1. The van der Waals surface area contributed by atoms with Crippen LogP contribution in [0, 0.1) is 6.92 Å². The van der Waals surface area contributed by atoms with Gasteiger partial charge in [-0.3, -0.25) is 14.5 Å². The fourth-order valence-corrected chi connectivity index (χ4v) is 5.88. The number of carboxylic acids is 1. The van der Waals surface area contributed by atoms with E-state index in [-0.39, 0.29) is 36.4 Å². The normalized spacial score (nSPS) is 25.2. The van der Waals surface area contributed by atoms with Crippen molar-refractivity contribution in [3.8, 4) is 0 Å². The number of rotatable bonds is 5. The zero-order valence-electron chi connectivity index (χ0n) is 14.8. The Labute approximate surface area is 151 Å². The summed E-state index contributed by atoms with van der Waals surface area (Å²) in [6.45, 7) is 4.62. The fourth-order valence-electron chi connectivity index (χ4n) is 3.87. The molecule has 0 saturated carbocycles. The van der Waals surface area contributed by atoms with Gasteiger partial charge in [0.05, 0.1) is 29.7 Å². The molecule has 3 heterocycles. The van der Waals surface area contributed by atoms with Crippen molar-refractivity contribution in [3.05, 3.63) is 17.0 Å². The maximum atomic E-state index is 13.1. The number of carbonyl (C=O) groups excluding carboxylic acids is 1. The summed E-state index contributed by atoms with van der Waals surface area (Å²) in [6.07, 6.45) is 0.491. The van der Waals surface area contributed by atoms with Crippen molar-refractivity contribution in [3.63, 3.8) is 0 Å². The van der Waals surface area contributed by atoms with Gasteiger partial charge in [-0.2, -0.15) is 0 Å². The summed E-state index contributed by atoms with van der Waals surface area (Å²) in [5, 5.41) is 12.8. The molecule has 0 unspecified atom stereocenters. The highest BCUT2D eigenvalue weighted by atomic mass is 32.2. The van der Waals surface area contributed by atoms with Crippen LogP contribution in [0.5, 0.6) is 0 Å². The summed E-state index contributed by atoms with van der Waals surface area (Å²) in [6, 6.07) is -0.851. The third-order valence-corrected chi connectivity index (χ3v) is 6.85. The minimum absolute atomic E-state index is 0.0513. The monoisotopic (exact) mass is 385 g/mol. The number of nitrogens with zero attached hydrogens (tertiary/aromatic N) is 3. The quantitative estimate of drug-likeness (QED) is 0.748. The van der Waals surface area contributed by atoms with Crippen LogP contribution in [0.4, 0.5) is 0 Å². The van der Waals surface area contributed by atoms with Crippen molar-refractivity contribution in [1.82, 2.24) is 15.0 Å². The van der Waals surface area contributed by atoms with E-state index in [1.807, 2.05) is 11.8 Å². The SMILES string of the molecule is CCc1noc(C)c1C(=O)N1CCN(CCC(=O)O)[C@@H]2CS(=O)(=O)C[C@@H]21. The zero-order chi connectivity index (χ0) is 19.1. The Morgan fingerprint density at radius 3 is 2.62 bits per heavy atom. The van der Waals surface area contributed by atoms with Crippen LogP contribution in [-0.4, -0.2) is 83.6 Å². The van der Waals surface area contributed by atoms with Crippen molar-refractivity contribution in [2.45, 2.75) is 38.8 Å². The molecular formula is C16H23N3O6S. The summed E-state index contributed by atoms with van der Waals surface area (Å²) >= 11 is 0. The molecule has 2 aliphatic rings. The lowest BCUT2D eigenvalue weighted by Gasteiger charge is -2.43. The van der Waals surface area contributed by atoms with E-state index in [0.29, 0.717) is 36.5 Å². The average Bonchev–Trinajstić information content (AvgIpc) is 3.10. The number of hydrogen-bond donors (Lipinski definition) is 1. The van der Waals surface area contributed by atoms with E-state index in [1.165, 1.54) is 0 Å². The molecule has 144 valence electrons. The fraction of sp³-hybridized carbons (Fsp3) is 0.688. The number of aliphatic carboxylic acids is 1. The summed E-state index contributed by atoms with van der Waals surface area (Å²) < 4.78 is 29.6. The molecule has 2 atom stereocenters. The second kappa shape index (κ2) is 6.99. The highest BCUT2D eigenvalue weighted by molar-refractivity contribution is 7.91. The Morgan fingerprint density at radius 1 is 1.27 bits per heavy atom. The van der Waals surface area contributed by atoms with Gasteiger partial charge in [0.25, 0.3) is 5.91 Å². The first-order valence-corrected chi connectivity index (χ1v) is 10.5. The van der Waals surface area contributed by atoms with Crippen molar-refractivity contribution < 1.29 is 27.6 Å². The van der Waals surface area contributed by atoms with Crippen molar-refractivity contribution in [2.24, 2.45) is 0 Å². The zero-order valence-corrected chi connectivity index (χ0v) is 15.7. The Kier molecular flexibility index (Phi) is 5.07. The maximum Gasteiger partial charge on any atom is 0.304 e. The Morgan fingerprint density at radius 2 is 1.96 bits per heavy atom. The van der Waals surface area contributed by atoms with E-state index in [9.17, 15) is 18.0 Å². The standard InChI is InChI=1S/C16H23N3O6S/c1-3-11-15(10(2)25-17-11)16(22)19-7-6-18(5-4-14(20)21)12-8-26(23,24)9-13(12)19/h12-13H,3-9H2,1-2H3,(H,20,21)/t12-,13+/m1/s1. The molecule has 2 aliphatic heterocycles. The molecule has 1 aromatic heterocycles. The molecule has 3 rings (SSSR count). The third-order valence-electron chi connectivity index (χ3n) is 5.15. The first-order valence-electron chi connectivity index (χ1n) is 8.66. The largest absolute Gasteiger partial charge is 0.481 e. The molecule has 26 heavy (non-hydrogen) atoms. The highest BCUT2D eigenvalue weighted by Crippen LogP contribution is 2.29. The molecule has 2 saturated heterocycles. The minimum atomic E-state index is -3.28. The Bertz CT molecular complexity index is 818. The van der Waals surface area contributed by atoms with Gasteiger partial charge < -0.3 is 14.5 Å². The average molecular weight is 385 g/mol. The predicted molar refractivity (Wildman–Crippen MR) is 91.7 cm³/mol. The van der Waals surface area contributed by atoms with Crippen LogP contribution in [0.15, 0.2) is 4.52 Å². The molecule has 1 amide bonds. The van der Waals surface area contributed by atoms with Gasteiger partial charge in [-0.05, 0) is 13.3 Å². The van der Waals surface area contributed by atoms with Gasteiger partial charge in [0.15, 0.2) is 9.84 Å². The van der Waals surface area contributed by atoms with Crippen molar-refractivity contribution >= 4 is 21.7 Å². The van der Waals surface area contributed by atoms with Crippen LogP contribution in [0.3, 0.4) is 0 Å². The number of sulfone groups is 1. The van der Waals surface area contributed by atoms with Crippen LogP contribution in [-0.2, 0) is 21.1 Å². The summed E-state index contributed by atoms with van der Waals surface area (Å²) in [4.78, 5) is 27.5. The molecule has 0 radical (unpaired) electrons. The molecule has 9 nitrogen and oxygen atoms in total. The molecule has 1 aromatic rings. The van der Waals surface area contributed by atoms with Gasteiger partial charge in [-0.15, -0.1) is 0 Å². The van der Waals surface area contributed by atoms with Crippen LogP contribution in [0.1, 0.15) is 35.2 Å². The van der Waals surface area contributed by atoms with Gasteiger partial charge in [0, 0.05) is 25.7 Å². The van der Waals surface area contributed by atoms with E-state index >= 15 is 0 Å². The van der Waals surface area contributed by atoms with Gasteiger partial charge in [-0.25, -0.2) is 8.42 Å². The summed E-state index contributed by atoms with van der Waals surface area (Å²) in [7, 11) is -3.28. The smallest absolute Gasteiger partial charge is 0.304 e. The Balaban J connectivity index is 1.87. The molecule has 0 spiro atoms. The third kappa shape index (κ3) is 3.48. The van der Waals surface area contributed by atoms with Crippen LogP contribution in [0.25, 0.3) is 0 Å². The number of aromatic nitrogens is 1. The molecule has 1 N–H and O–H groups in total. The van der Waals surface area contributed by atoms with Gasteiger partial charge in [0.1, 0.15) is 11.3 Å². The second-order valence-electron chi connectivity index (χ2n) is 6.80. The molecule has 2 fully saturated rings. The molecule has 0 aliphatic carbocycles. The maximum absolute atomic E-state index is 13.1. The molecule has 0 bridgehead atoms. The number of aryl methyl sites for hydroxylation is 2. The lowest BCUT2D eigenvalue weighted by molar-refractivity contribution is -0.137. The minimum Gasteiger partial charge on any atom is -0.481 e. The number of carbonyl (C=O) groups is 2. The van der Waals surface area contributed by atoms with E-state index in [4.69, 9.17) is 9.63 Å². The topological polar surface area (TPSA) is 121 Å². The first-order chi connectivity index (χ1) is 12.2. The van der Waals surface area contributed by atoms with Crippen molar-refractivity contribution in [2.75, 3.05) is 31.1 Å². The number of piperazine rings is 1. The van der Waals surface area contributed by atoms with Crippen LogP contribution < -0.4 is 0 Å². The van der Waals surface area contributed by atoms with E-state index < -0.39 is 21.8 Å². The van der Waals surface area contributed by atoms with Gasteiger partial charge in [-0.1, -0.05) is 12.1 Å². The summed E-state index contributed by atoms with van der Waals surface area (Å²) in [5.41, 5.74) is 0.979. The number of fused-ring (bicyclic) bond motifs is 1. The number of hydrogen-bond acceptors (Lipinski definition) is 7. The molecule has 0 aromatic carbocycles. The van der Waals surface area contributed by atoms with E-state index in [1.54, 1.807) is 11.8 Å². The highest BCUT2D eigenvalue weighted by Gasteiger charge is 2.48. The first kappa shape index (κ1) is 18.8. The van der Waals surface area contributed by atoms with Crippen LogP contribution in [0.2, 0.25) is 0 Å². The molecule has 10 heteroatoms. The predicted octanol–water partition coefficient (Wildman–Crippen LogP) is -0.0565. The van der Waals surface area contributed by atoms with Crippen molar-refractivity contribution in [1.29, 1.82) is 0 Å². The van der Waals surface area contributed by atoms with Gasteiger partial charge >= 0.3 is 5.97 Å². The van der Waals surface area contributed by atoms with Gasteiger partial charge in [0.2, 0.25) is 0 Å². The van der Waals surface area contributed by atoms with E-state index in [2.05, 4.69) is 5.16 Å².